The van der Waals surface area contributed by atoms with Crippen LogP contribution in [0, 0.1) is 19.8 Å². The van der Waals surface area contributed by atoms with Crippen LogP contribution in [0.5, 0.6) is 0 Å². The largest absolute Gasteiger partial charge is 0.339 e. The minimum atomic E-state index is 0.326. The van der Waals surface area contributed by atoms with Crippen molar-refractivity contribution in [1.82, 2.24) is 19.6 Å². The van der Waals surface area contributed by atoms with Crippen LogP contribution in [0.2, 0.25) is 0 Å². The van der Waals surface area contributed by atoms with Gasteiger partial charge in [0.25, 0.3) is 0 Å². The molecule has 1 aromatic heterocycles. The van der Waals surface area contributed by atoms with E-state index in [1.807, 2.05) is 23.9 Å². The summed E-state index contributed by atoms with van der Waals surface area (Å²) in [6.07, 6.45) is 11.0. The molecule has 1 amide bonds. The van der Waals surface area contributed by atoms with Gasteiger partial charge >= 0.3 is 0 Å². The first kappa shape index (κ1) is 23.0. The highest BCUT2D eigenvalue weighted by atomic mass is 16.2. The molecule has 5 heteroatoms. The van der Waals surface area contributed by atoms with Crippen LogP contribution in [0.4, 0.5) is 0 Å². The summed E-state index contributed by atoms with van der Waals surface area (Å²) in [4.78, 5) is 18.1. The summed E-state index contributed by atoms with van der Waals surface area (Å²) in [7, 11) is 0. The van der Waals surface area contributed by atoms with E-state index < -0.39 is 0 Å². The Morgan fingerprint density at radius 1 is 1.03 bits per heavy atom. The fraction of sp³-hybridized carbons (Fsp3) is 0.630. The Hall–Kier alpha value is -2.14. The number of aryl methyl sites for hydroxylation is 3. The van der Waals surface area contributed by atoms with E-state index in [9.17, 15) is 4.79 Å². The lowest BCUT2D eigenvalue weighted by Crippen LogP contribution is -2.45. The number of hydrogen-bond donors (Lipinski definition) is 0. The fourth-order valence-corrected chi connectivity index (χ4v) is 5.45. The highest BCUT2D eigenvalue weighted by molar-refractivity contribution is 5.76. The summed E-state index contributed by atoms with van der Waals surface area (Å²) < 4.78 is 1.91. The van der Waals surface area contributed by atoms with Gasteiger partial charge in [-0.2, -0.15) is 5.10 Å². The number of nitrogens with zero attached hydrogens (tertiary/aromatic N) is 4. The zero-order valence-corrected chi connectivity index (χ0v) is 20.0. The molecular weight excluding hydrogens is 396 g/mol. The third kappa shape index (κ3) is 6.22. The van der Waals surface area contributed by atoms with Crippen molar-refractivity contribution in [2.75, 3.05) is 26.2 Å². The second-order valence-electron chi connectivity index (χ2n) is 9.92. The van der Waals surface area contributed by atoms with Crippen molar-refractivity contribution >= 4 is 5.91 Å². The van der Waals surface area contributed by atoms with Gasteiger partial charge in [-0.15, -0.1) is 0 Å². The first-order valence-corrected chi connectivity index (χ1v) is 12.6. The van der Waals surface area contributed by atoms with Crippen LogP contribution >= 0.6 is 0 Å². The van der Waals surface area contributed by atoms with Gasteiger partial charge in [0.05, 0.1) is 5.69 Å². The first-order chi connectivity index (χ1) is 15.6. The van der Waals surface area contributed by atoms with E-state index in [4.69, 9.17) is 0 Å². The van der Waals surface area contributed by atoms with Gasteiger partial charge in [0.15, 0.2) is 0 Å². The Morgan fingerprint density at radius 3 is 2.47 bits per heavy atom. The Kier molecular flexibility index (Phi) is 8.01. The molecule has 174 valence electrons. The van der Waals surface area contributed by atoms with Gasteiger partial charge in [-0.25, -0.2) is 0 Å². The van der Waals surface area contributed by atoms with E-state index in [2.05, 4.69) is 46.1 Å². The minimum absolute atomic E-state index is 0.326. The lowest BCUT2D eigenvalue weighted by atomic mass is 9.94. The zero-order chi connectivity index (χ0) is 22.3. The number of carbonyl (C=O) groups is 1. The average Bonchev–Trinajstić information content (AvgIpc) is 3.48. The molecule has 2 aliphatic rings. The van der Waals surface area contributed by atoms with Crippen molar-refractivity contribution in [2.45, 2.75) is 77.8 Å². The van der Waals surface area contributed by atoms with Gasteiger partial charge in [0.1, 0.15) is 0 Å². The molecule has 0 atom stereocenters. The molecule has 2 heterocycles. The van der Waals surface area contributed by atoms with Crippen LogP contribution in [0.1, 0.15) is 61.8 Å². The van der Waals surface area contributed by atoms with Gasteiger partial charge in [-0.1, -0.05) is 37.1 Å². The lowest BCUT2D eigenvalue weighted by molar-refractivity contribution is -0.134. The van der Waals surface area contributed by atoms with Crippen molar-refractivity contribution in [2.24, 2.45) is 5.92 Å². The molecule has 0 radical (unpaired) electrons. The highest BCUT2D eigenvalue weighted by Gasteiger charge is 2.30. The number of carbonyl (C=O) groups excluding carboxylic acids is 1. The van der Waals surface area contributed by atoms with Gasteiger partial charge in [0.2, 0.25) is 5.91 Å². The fourth-order valence-electron chi connectivity index (χ4n) is 5.45. The summed E-state index contributed by atoms with van der Waals surface area (Å²) in [5.74, 6) is 0.966. The molecule has 1 aliphatic heterocycles. The van der Waals surface area contributed by atoms with Crippen LogP contribution < -0.4 is 0 Å². The van der Waals surface area contributed by atoms with Crippen LogP contribution in [-0.4, -0.2) is 57.7 Å². The van der Waals surface area contributed by atoms with E-state index >= 15 is 0 Å². The van der Waals surface area contributed by atoms with E-state index in [0.717, 1.165) is 38.3 Å². The van der Waals surface area contributed by atoms with E-state index in [-0.39, 0.29) is 0 Å². The molecule has 4 rings (SSSR count). The third-order valence-corrected chi connectivity index (χ3v) is 7.54. The van der Waals surface area contributed by atoms with Crippen LogP contribution in [-0.2, 0) is 17.8 Å². The standard InChI is InChI=1S/C27H40N4O/c1-22-7-3-4-8-25(22)14-18-29-16-12-24(13-17-29)21-31(26-9-5-6-10-26)27(32)15-20-30-19-11-23(2)28-30/h3-4,7-8,11,19,24,26H,5-6,9-10,12-18,20-21H2,1-2H3. The Balaban J connectivity index is 1.26. The molecule has 1 saturated heterocycles. The molecule has 32 heavy (non-hydrogen) atoms. The van der Waals surface area contributed by atoms with E-state index in [0.29, 0.717) is 30.8 Å². The smallest absolute Gasteiger partial charge is 0.224 e. The van der Waals surface area contributed by atoms with Crippen molar-refractivity contribution in [3.63, 3.8) is 0 Å². The number of likely N-dealkylation sites (tertiary alicyclic amines) is 1. The number of benzene rings is 1. The quantitative estimate of drug-likeness (QED) is 0.576. The maximum absolute atomic E-state index is 13.2. The van der Waals surface area contributed by atoms with Gasteiger partial charge in [0, 0.05) is 38.3 Å². The molecular formula is C27H40N4O. The van der Waals surface area contributed by atoms with Gasteiger partial charge in [-0.3, -0.25) is 9.48 Å². The van der Waals surface area contributed by atoms with Crippen molar-refractivity contribution < 1.29 is 4.79 Å². The second kappa shape index (κ2) is 11.1. The summed E-state index contributed by atoms with van der Waals surface area (Å²) >= 11 is 0. The number of hydrogen-bond acceptors (Lipinski definition) is 3. The Labute approximate surface area is 193 Å². The summed E-state index contributed by atoms with van der Waals surface area (Å²) in [5.41, 5.74) is 3.89. The monoisotopic (exact) mass is 436 g/mol. The van der Waals surface area contributed by atoms with Gasteiger partial charge < -0.3 is 9.80 Å². The highest BCUT2D eigenvalue weighted by Crippen LogP contribution is 2.27. The second-order valence-corrected chi connectivity index (χ2v) is 9.92. The summed E-state index contributed by atoms with van der Waals surface area (Å²) in [6, 6.07) is 11.2. The summed E-state index contributed by atoms with van der Waals surface area (Å²) in [5, 5.41) is 4.45. The van der Waals surface area contributed by atoms with Crippen molar-refractivity contribution in [1.29, 1.82) is 0 Å². The maximum atomic E-state index is 13.2. The molecule has 0 bridgehead atoms. The molecule has 1 aromatic carbocycles. The molecule has 0 spiro atoms. The third-order valence-electron chi connectivity index (χ3n) is 7.54. The lowest BCUT2D eigenvalue weighted by Gasteiger charge is -2.37. The van der Waals surface area contributed by atoms with E-state index in [1.165, 1.54) is 49.7 Å². The molecule has 1 saturated carbocycles. The van der Waals surface area contributed by atoms with E-state index in [1.54, 1.807) is 0 Å². The predicted octanol–water partition coefficient (Wildman–Crippen LogP) is 4.62. The minimum Gasteiger partial charge on any atom is -0.339 e. The normalized spacial score (nSPS) is 18.3. The first-order valence-electron chi connectivity index (χ1n) is 12.6. The van der Waals surface area contributed by atoms with Crippen molar-refractivity contribution in [3.8, 4) is 0 Å². The molecule has 0 N–H and O–H groups in total. The summed E-state index contributed by atoms with van der Waals surface area (Å²) in [6.45, 7) is 9.32. The number of aromatic nitrogens is 2. The van der Waals surface area contributed by atoms with Crippen LogP contribution in [0.15, 0.2) is 36.5 Å². The Bertz CT molecular complexity index is 862. The maximum Gasteiger partial charge on any atom is 0.224 e. The molecule has 0 unspecified atom stereocenters. The average molecular weight is 437 g/mol. The number of amides is 1. The van der Waals surface area contributed by atoms with Crippen LogP contribution in [0.3, 0.4) is 0 Å². The van der Waals surface area contributed by atoms with Crippen molar-refractivity contribution in [3.05, 3.63) is 53.3 Å². The molecule has 1 aliphatic carbocycles. The molecule has 5 nitrogen and oxygen atoms in total. The molecule has 2 aromatic rings. The SMILES string of the molecule is Cc1ccn(CCC(=O)N(CC2CCN(CCc3ccccc3C)CC2)C2CCCC2)n1. The Morgan fingerprint density at radius 2 is 1.78 bits per heavy atom. The molecule has 2 fully saturated rings. The topological polar surface area (TPSA) is 41.4 Å². The number of rotatable bonds is 9. The number of piperidine rings is 1. The van der Waals surface area contributed by atoms with Gasteiger partial charge in [-0.05, 0) is 82.2 Å². The predicted molar refractivity (Wildman–Crippen MR) is 130 cm³/mol. The van der Waals surface area contributed by atoms with Crippen LogP contribution in [0.25, 0.3) is 0 Å². The zero-order valence-electron chi connectivity index (χ0n) is 20.0.